The lowest BCUT2D eigenvalue weighted by molar-refractivity contribution is 0.125. The van der Waals surface area contributed by atoms with Crippen molar-refractivity contribution >= 4 is 18.9 Å². The standard InChI is InChI=1S/C24H36O2Si/c1-17(2)21-13-9-11-15-23(21)27(25-19(5)6,26-20(7)8)24-16-12-10-14-22(24)18(3)4/h9-20H,1-8H3. The van der Waals surface area contributed by atoms with Gasteiger partial charge in [-0.05, 0) is 50.7 Å². The van der Waals surface area contributed by atoms with E-state index in [1.165, 1.54) is 21.5 Å². The quantitative estimate of drug-likeness (QED) is 0.572. The molecule has 3 heteroatoms. The van der Waals surface area contributed by atoms with Crippen LogP contribution in [0.2, 0.25) is 0 Å². The highest BCUT2D eigenvalue weighted by atomic mass is 28.4. The molecule has 0 saturated carbocycles. The average molecular weight is 385 g/mol. The molecular weight excluding hydrogens is 348 g/mol. The smallest absolute Gasteiger partial charge is 0.385 e. The molecule has 2 nitrogen and oxygen atoms in total. The van der Waals surface area contributed by atoms with E-state index in [0.29, 0.717) is 11.8 Å². The summed E-state index contributed by atoms with van der Waals surface area (Å²) in [4.78, 5) is 0. The monoisotopic (exact) mass is 384 g/mol. The van der Waals surface area contributed by atoms with E-state index in [2.05, 4.69) is 104 Å². The van der Waals surface area contributed by atoms with Crippen LogP contribution in [0.15, 0.2) is 48.5 Å². The fourth-order valence-electron chi connectivity index (χ4n) is 3.69. The number of benzene rings is 2. The predicted octanol–water partition coefficient (Wildman–Crippen LogP) is 5.34. The molecule has 0 saturated heterocycles. The van der Waals surface area contributed by atoms with Crippen LogP contribution in [-0.4, -0.2) is 20.8 Å². The van der Waals surface area contributed by atoms with Gasteiger partial charge >= 0.3 is 8.56 Å². The second-order valence-electron chi connectivity index (χ2n) is 8.43. The molecule has 0 radical (unpaired) electrons. The van der Waals surface area contributed by atoms with E-state index in [1.54, 1.807) is 0 Å². The third-order valence-corrected chi connectivity index (χ3v) is 8.61. The fraction of sp³-hybridized carbons (Fsp3) is 0.500. The maximum Gasteiger partial charge on any atom is 0.408 e. The van der Waals surface area contributed by atoms with Gasteiger partial charge in [0, 0.05) is 22.6 Å². The lowest BCUT2D eigenvalue weighted by Crippen LogP contribution is -2.67. The summed E-state index contributed by atoms with van der Waals surface area (Å²) in [5, 5.41) is 2.49. The van der Waals surface area contributed by atoms with Crippen molar-refractivity contribution in [3.05, 3.63) is 59.7 Å². The van der Waals surface area contributed by atoms with Gasteiger partial charge < -0.3 is 8.85 Å². The van der Waals surface area contributed by atoms with Crippen molar-refractivity contribution in [1.82, 2.24) is 0 Å². The summed E-state index contributed by atoms with van der Waals surface area (Å²) in [5.41, 5.74) is 2.65. The molecule has 0 fully saturated rings. The summed E-state index contributed by atoms with van der Waals surface area (Å²) in [7, 11) is -2.89. The Kier molecular flexibility index (Phi) is 7.44. The van der Waals surface area contributed by atoms with E-state index in [9.17, 15) is 0 Å². The van der Waals surface area contributed by atoms with Crippen molar-refractivity contribution in [2.45, 2.75) is 79.4 Å². The lowest BCUT2D eigenvalue weighted by Gasteiger charge is -2.38. The van der Waals surface area contributed by atoms with Gasteiger partial charge in [0.05, 0.1) is 0 Å². The van der Waals surface area contributed by atoms with E-state index >= 15 is 0 Å². The van der Waals surface area contributed by atoms with Crippen LogP contribution >= 0.6 is 0 Å². The summed E-state index contributed by atoms with van der Waals surface area (Å²) < 4.78 is 13.6. The molecule has 0 bridgehead atoms. The molecule has 0 amide bonds. The van der Waals surface area contributed by atoms with Crippen LogP contribution in [0.25, 0.3) is 0 Å². The highest BCUT2D eigenvalue weighted by molar-refractivity contribution is 6.93. The van der Waals surface area contributed by atoms with Crippen LogP contribution in [-0.2, 0) is 8.85 Å². The van der Waals surface area contributed by atoms with Gasteiger partial charge in [-0.3, -0.25) is 0 Å². The first kappa shape index (κ1) is 21.9. The molecule has 0 unspecified atom stereocenters. The van der Waals surface area contributed by atoms with Crippen molar-refractivity contribution in [2.24, 2.45) is 0 Å². The Morgan fingerprint density at radius 2 is 0.889 bits per heavy atom. The van der Waals surface area contributed by atoms with Crippen LogP contribution in [0, 0.1) is 0 Å². The Bertz CT molecular complexity index is 671. The molecule has 2 rings (SSSR count). The van der Waals surface area contributed by atoms with Gasteiger partial charge in [-0.2, -0.15) is 0 Å². The molecule has 148 valence electrons. The average Bonchev–Trinajstić information content (AvgIpc) is 2.60. The summed E-state index contributed by atoms with van der Waals surface area (Å²) in [5.74, 6) is 0.816. The molecule has 0 aliphatic carbocycles. The van der Waals surface area contributed by atoms with Crippen LogP contribution in [0.4, 0.5) is 0 Å². The van der Waals surface area contributed by atoms with Crippen LogP contribution < -0.4 is 10.4 Å². The van der Waals surface area contributed by atoms with Crippen LogP contribution in [0.1, 0.15) is 78.4 Å². The van der Waals surface area contributed by atoms with Crippen molar-refractivity contribution in [3.8, 4) is 0 Å². The van der Waals surface area contributed by atoms with E-state index < -0.39 is 8.56 Å². The van der Waals surface area contributed by atoms with Crippen molar-refractivity contribution in [1.29, 1.82) is 0 Å². The molecule has 2 aromatic carbocycles. The van der Waals surface area contributed by atoms with E-state index in [0.717, 1.165) is 0 Å². The topological polar surface area (TPSA) is 18.5 Å². The molecular formula is C24H36O2Si. The minimum absolute atomic E-state index is 0.0795. The molecule has 0 atom stereocenters. The summed E-state index contributed by atoms with van der Waals surface area (Å²) >= 11 is 0. The molecule has 2 aromatic rings. The first-order valence-corrected chi connectivity index (χ1v) is 12.0. The van der Waals surface area contributed by atoms with Gasteiger partial charge in [-0.15, -0.1) is 0 Å². The third kappa shape index (κ3) is 4.90. The predicted molar refractivity (Wildman–Crippen MR) is 119 cm³/mol. The van der Waals surface area contributed by atoms with Crippen molar-refractivity contribution in [2.75, 3.05) is 0 Å². The van der Waals surface area contributed by atoms with E-state index in [-0.39, 0.29) is 12.2 Å². The Morgan fingerprint density at radius 3 is 1.19 bits per heavy atom. The Labute approximate surface area is 167 Å². The zero-order chi connectivity index (χ0) is 20.2. The molecule has 0 aliphatic heterocycles. The maximum atomic E-state index is 6.82. The minimum Gasteiger partial charge on any atom is -0.385 e. The number of hydrogen-bond donors (Lipinski definition) is 0. The summed E-state index contributed by atoms with van der Waals surface area (Å²) in [6.07, 6.45) is 0.159. The van der Waals surface area contributed by atoms with Gasteiger partial charge in [0.15, 0.2) is 0 Å². The van der Waals surface area contributed by atoms with Gasteiger partial charge in [-0.1, -0.05) is 76.2 Å². The minimum atomic E-state index is -2.89. The SMILES string of the molecule is CC(C)O[Si](OC(C)C)(c1ccccc1C(C)C)c1ccccc1C(C)C. The fourth-order valence-corrected chi connectivity index (χ4v) is 8.01. The third-order valence-electron chi connectivity index (χ3n) is 4.68. The molecule has 0 aliphatic rings. The van der Waals surface area contributed by atoms with Crippen molar-refractivity contribution < 1.29 is 8.85 Å². The van der Waals surface area contributed by atoms with Crippen molar-refractivity contribution in [3.63, 3.8) is 0 Å². The largest absolute Gasteiger partial charge is 0.408 e. The van der Waals surface area contributed by atoms with E-state index in [4.69, 9.17) is 8.85 Å². The molecule has 0 heterocycles. The second-order valence-corrected chi connectivity index (χ2v) is 11.2. The number of hydrogen-bond acceptors (Lipinski definition) is 2. The van der Waals surface area contributed by atoms with Gasteiger partial charge in [0.2, 0.25) is 0 Å². The normalized spacial score (nSPS) is 12.6. The van der Waals surface area contributed by atoms with Crippen LogP contribution in [0.5, 0.6) is 0 Å². The first-order chi connectivity index (χ1) is 12.7. The zero-order valence-electron chi connectivity index (χ0n) is 18.2. The second kappa shape index (κ2) is 9.18. The van der Waals surface area contributed by atoms with E-state index in [1.807, 2.05) is 0 Å². The molecule has 0 aromatic heterocycles. The highest BCUT2D eigenvalue weighted by Gasteiger charge is 2.47. The van der Waals surface area contributed by atoms with Gasteiger partial charge in [-0.25, -0.2) is 0 Å². The highest BCUT2D eigenvalue weighted by Crippen LogP contribution is 2.24. The maximum absolute atomic E-state index is 6.82. The van der Waals surface area contributed by atoms with Gasteiger partial charge in [0.1, 0.15) is 0 Å². The van der Waals surface area contributed by atoms with Gasteiger partial charge in [0.25, 0.3) is 0 Å². The zero-order valence-corrected chi connectivity index (χ0v) is 19.2. The Morgan fingerprint density at radius 1 is 0.556 bits per heavy atom. The first-order valence-electron chi connectivity index (χ1n) is 10.2. The summed E-state index contributed by atoms with van der Waals surface area (Å²) in [6.45, 7) is 17.4. The summed E-state index contributed by atoms with van der Waals surface area (Å²) in [6, 6.07) is 17.4. The Hall–Kier alpha value is -1.42. The number of rotatable bonds is 8. The molecule has 0 spiro atoms. The lowest BCUT2D eigenvalue weighted by atomic mass is 10.0. The Balaban J connectivity index is 2.88. The van der Waals surface area contributed by atoms with Crippen LogP contribution in [0.3, 0.4) is 0 Å². The molecule has 27 heavy (non-hydrogen) atoms. The molecule has 0 N–H and O–H groups in total.